The van der Waals surface area contributed by atoms with Crippen LogP contribution in [0.5, 0.6) is 5.75 Å². The quantitative estimate of drug-likeness (QED) is 0.513. The van der Waals surface area contributed by atoms with E-state index < -0.39 is 0 Å². The largest absolute Gasteiger partial charge is 0.491 e. The summed E-state index contributed by atoms with van der Waals surface area (Å²) in [6, 6.07) is 19.4. The Bertz CT molecular complexity index is 1150. The van der Waals surface area contributed by atoms with E-state index in [-0.39, 0.29) is 5.91 Å². The molecule has 0 fully saturated rings. The molecule has 0 saturated carbocycles. The van der Waals surface area contributed by atoms with Crippen LogP contribution in [0.4, 0.5) is 5.69 Å². The third kappa shape index (κ3) is 4.11. The molecule has 4 rings (SSSR count). The van der Waals surface area contributed by atoms with Crippen molar-refractivity contribution >= 4 is 22.6 Å². The Morgan fingerprint density at radius 1 is 1.07 bits per heavy atom. The lowest BCUT2D eigenvalue weighted by Gasteiger charge is -2.13. The lowest BCUT2D eigenvalue weighted by molar-refractivity contribution is 0.102. The number of anilines is 1. The molecule has 6 nitrogen and oxygen atoms in total. The Morgan fingerprint density at radius 2 is 1.83 bits per heavy atom. The second kappa shape index (κ2) is 8.14. The van der Waals surface area contributed by atoms with Gasteiger partial charge in [-0.15, -0.1) is 0 Å². The number of amides is 1. The van der Waals surface area contributed by atoms with Gasteiger partial charge in [-0.25, -0.2) is 4.98 Å². The first kappa shape index (κ1) is 18.7. The number of ether oxygens (including phenoxy) is 1. The van der Waals surface area contributed by atoms with Crippen molar-refractivity contribution in [1.82, 2.24) is 15.2 Å². The monoisotopic (exact) mass is 386 g/mol. The minimum atomic E-state index is -0.218. The molecule has 0 atom stereocenters. The van der Waals surface area contributed by atoms with Crippen LogP contribution in [-0.4, -0.2) is 27.7 Å². The third-order valence-electron chi connectivity index (χ3n) is 4.71. The van der Waals surface area contributed by atoms with Gasteiger partial charge in [-0.2, -0.15) is 5.10 Å². The third-order valence-corrected chi connectivity index (χ3v) is 4.71. The molecule has 1 amide bonds. The molecular weight excluding hydrogens is 364 g/mol. The van der Waals surface area contributed by atoms with Crippen LogP contribution in [0.3, 0.4) is 0 Å². The van der Waals surface area contributed by atoms with Gasteiger partial charge in [0.25, 0.3) is 5.91 Å². The summed E-state index contributed by atoms with van der Waals surface area (Å²) in [7, 11) is 0. The molecule has 0 radical (unpaired) electrons. The molecule has 146 valence electrons. The number of hydrogen-bond acceptors (Lipinski definition) is 4. The van der Waals surface area contributed by atoms with Gasteiger partial charge in [0.1, 0.15) is 5.75 Å². The lowest BCUT2D eigenvalue weighted by atomic mass is 10.1. The molecule has 0 spiro atoms. The van der Waals surface area contributed by atoms with Gasteiger partial charge in [0, 0.05) is 12.1 Å². The van der Waals surface area contributed by atoms with E-state index in [2.05, 4.69) is 32.6 Å². The number of carbonyl (C=O) groups excluding carboxylic acids is 1. The van der Waals surface area contributed by atoms with Gasteiger partial charge in [-0.3, -0.25) is 9.89 Å². The van der Waals surface area contributed by atoms with E-state index in [9.17, 15) is 4.79 Å². The highest BCUT2D eigenvalue weighted by molar-refractivity contribution is 6.13. The number of nitrogens with zero attached hydrogens (tertiary/aromatic N) is 2. The van der Waals surface area contributed by atoms with Crippen LogP contribution in [0.1, 0.15) is 27.3 Å². The fourth-order valence-electron chi connectivity index (χ4n) is 3.30. The Hall–Kier alpha value is -3.67. The van der Waals surface area contributed by atoms with E-state index >= 15 is 0 Å². The zero-order valence-electron chi connectivity index (χ0n) is 16.4. The van der Waals surface area contributed by atoms with Crippen LogP contribution in [0.25, 0.3) is 11.0 Å². The van der Waals surface area contributed by atoms with E-state index in [4.69, 9.17) is 4.74 Å². The summed E-state index contributed by atoms with van der Waals surface area (Å²) in [6.07, 6.45) is 0.793. The van der Waals surface area contributed by atoms with E-state index in [1.54, 1.807) is 6.07 Å². The van der Waals surface area contributed by atoms with Crippen molar-refractivity contribution in [2.24, 2.45) is 0 Å². The van der Waals surface area contributed by atoms with Gasteiger partial charge in [0.2, 0.25) is 0 Å². The van der Waals surface area contributed by atoms with Gasteiger partial charge in [0.15, 0.2) is 5.65 Å². The second-order valence-corrected chi connectivity index (χ2v) is 6.88. The second-order valence-electron chi connectivity index (χ2n) is 6.88. The first-order valence-corrected chi connectivity index (χ1v) is 9.51. The number of fused-ring (bicyclic) bond motifs is 1. The van der Waals surface area contributed by atoms with E-state index in [0.717, 1.165) is 23.2 Å². The topological polar surface area (TPSA) is 79.9 Å². The first-order chi connectivity index (χ1) is 14.1. The number of aromatic amines is 1. The van der Waals surface area contributed by atoms with Crippen molar-refractivity contribution in [2.45, 2.75) is 20.3 Å². The van der Waals surface area contributed by atoms with Gasteiger partial charge in [-0.05, 0) is 37.6 Å². The Balaban J connectivity index is 1.53. The van der Waals surface area contributed by atoms with Crippen LogP contribution < -0.4 is 10.1 Å². The van der Waals surface area contributed by atoms with E-state index in [1.165, 1.54) is 5.56 Å². The molecule has 4 aromatic rings. The number of nitrogens with one attached hydrogen (secondary N) is 2. The minimum Gasteiger partial charge on any atom is -0.491 e. The molecule has 0 aliphatic rings. The molecule has 2 N–H and O–H groups in total. The molecule has 0 aliphatic heterocycles. The molecule has 0 saturated heterocycles. The minimum absolute atomic E-state index is 0.218. The Morgan fingerprint density at radius 3 is 2.66 bits per heavy atom. The van der Waals surface area contributed by atoms with Crippen LogP contribution in [0.2, 0.25) is 0 Å². The van der Waals surface area contributed by atoms with Gasteiger partial charge in [0.05, 0.1) is 28.9 Å². The number of para-hydroxylation sites is 2. The molecule has 2 heterocycles. The number of benzene rings is 2. The molecule has 6 heteroatoms. The summed E-state index contributed by atoms with van der Waals surface area (Å²) >= 11 is 0. The maximum atomic E-state index is 13.0. The highest BCUT2D eigenvalue weighted by Gasteiger charge is 2.17. The number of pyridine rings is 1. The summed E-state index contributed by atoms with van der Waals surface area (Å²) in [5.41, 5.74) is 4.48. The fraction of sp³-hybridized carbons (Fsp3) is 0.174. The molecule has 0 bridgehead atoms. The van der Waals surface area contributed by atoms with E-state index in [0.29, 0.717) is 29.3 Å². The fourth-order valence-corrected chi connectivity index (χ4v) is 3.30. The average molecular weight is 386 g/mol. The number of hydrogen-bond donors (Lipinski definition) is 2. The molecule has 0 aliphatic carbocycles. The number of aryl methyl sites for hydroxylation is 2. The highest BCUT2D eigenvalue weighted by Crippen LogP contribution is 2.26. The zero-order valence-corrected chi connectivity index (χ0v) is 16.4. The Kier molecular flexibility index (Phi) is 5.24. The lowest BCUT2D eigenvalue weighted by Crippen LogP contribution is -2.14. The summed E-state index contributed by atoms with van der Waals surface area (Å²) in [5, 5.41) is 10.8. The van der Waals surface area contributed by atoms with Crippen molar-refractivity contribution < 1.29 is 9.53 Å². The summed E-state index contributed by atoms with van der Waals surface area (Å²) in [4.78, 5) is 17.5. The smallest absolute Gasteiger partial charge is 0.256 e. The molecule has 0 unspecified atom stereocenters. The van der Waals surface area contributed by atoms with E-state index in [1.807, 2.05) is 56.3 Å². The van der Waals surface area contributed by atoms with Gasteiger partial charge < -0.3 is 10.1 Å². The Labute approximate surface area is 168 Å². The predicted molar refractivity (Wildman–Crippen MR) is 113 cm³/mol. The maximum Gasteiger partial charge on any atom is 0.256 e. The zero-order chi connectivity index (χ0) is 20.2. The first-order valence-electron chi connectivity index (χ1n) is 9.51. The van der Waals surface area contributed by atoms with Crippen molar-refractivity contribution in [2.75, 3.05) is 11.9 Å². The normalized spacial score (nSPS) is 10.8. The standard InChI is InChI=1S/C23H22N4O2/c1-15-14-18(21-16(2)26-27-22(21)24-15)23(28)25-19-10-6-7-11-20(19)29-13-12-17-8-4-3-5-9-17/h3-11,14H,12-13H2,1-2H3,(H,25,28)(H,24,26,27). The number of rotatable bonds is 6. The maximum absolute atomic E-state index is 13.0. The van der Waals surface area contributed by atoms with Crippen LogP contribution in [0, 0.1) is 13.8 Å². The summed E-state index contributed by atoms with van der Waals surface area (Å²) in [6.45, 7) is 4.23. The van der Waals surface area contributed by atoms with Gasteiger partial charge in [-0.1, -0.05) is 42.5 Å². The van der Waals surface area contributed by atoms with Crippen molar-refractivity contribution in [3.63, 3.8) is 0 Å². The summed E-state index contributed by atoms with van der Waals surface area (Å²) in [5.74, 6) is 0.423. The van der Waals surface area contributed by atoms with Crippen LogP contribution in [-0.2, 0) is 6.42 Å². The molecular formula is C23H22N4O2. The predicted octanol–water partition coefficient (Wildman–Crippen LogP) is 4.45. The molecule has 2 aromatic carbocycles. The molecule has 29 heavy (non-hydrogen) atoms. The van der Waals surface area contributed by atoms with Crippen molar-refractivity contribution in [1.29, 1.82) is 0 Å². The van der Waals surface area contributed by atoms with Crippen molar-refractivity contribution in [3.8, 4) is 5.75 Å². The number of aromatic nitrogens is 3. The van der Waals surface area contributed by atoms with Crippen molar-refractivity contribution in [3.05, 3.63) is 83.2 Å². The summed E-state index contributed by atoms with van der Waals surface area (Å²) < 4.78 is 5.95. The molecule has 2 aromatic heterocycles. The average Bonchev–Trinajstić information content (AvgIpc) is 3.10. The SMILES string of the molecule is Cc1cc(C(=O)Nc2ccccc2OCCc2ccccc2)c2c(C)n[nH]c2n1. The number of carbonyl (C=O) groups is 1. The van der Waals surface area contributed by atoms with Gasteiger partial charge >= 0.3 is 0 Å². The van der Waals surface area contributed by atoms with Crippen LogP contribution >= 0.6 is 0 Å². The van der Waals surface area contributed by atoms with Crippen LogP contribution in [0.15, 0.2) is 60.7 Å². The number of H-pyrrole nitrogens is 1. The highest BCUT2D eigenvalue weighted by atomic mass is 16.5.